The number of hydrogen-bond acceptors (Lipinski definition) is 3. The number of benzene rings is 1. The molecule has 82 valence electrons. The predicted octanol–water partition coefficient (Wildman–Crippen LogP) is 3.95. The van der Waals surface area contributed by atoms with Crippen molar-refractivity contribution in [1.29, 1.82) is 0 Å². The monoisotopic (exact) mass is 223 g/mol. The van der Waals surface area contributed by atoms with Gasteiger partial charge in [-0.05, 0) is 31.5 Å². The molecule has 0 N–H and O–H groups in total. The molecular formula is C12H17NOS. The molecule has 0 saturated heterocycles. The van der Waals surface area contributed by atoms with Gasteiger partial charge in [-0.1, -0.05) is 13.8 Å². The SMILES string of the molecule is CC.COc1cc(C)c2nc(C)sc2c1. The quantitative estimate of drug-likeness (QED) is 0.730. The lowest BCUT2D eigenvalue weighted by Crippen LogP contribution is -1.84. The fraction of sp³-hybridized carbons (Fsp3) is 0.417. The molecule has 2 aromatic rings. The highest BCUT2D eigenvalue weighted by molar-refractivity contribution is 7.18. The Bertz CT molecular complexity index is 448. The minimum atomic E-state index is 0.911. The predicted molar refractivity (Wildman–Crippen MR) is 67.0 cm³/mol. The van der Waals surface area contributed by atoms with Crippen LogP contribution in [0.4, 0.5) is 0 Å². The van der Waals surface area contributed by atoms with Crippen LogP contribution in [-0.2, 0) is 0 Å². The zero-order valence-electron chi connectivity index (χ0n) is 9.92. The van der Waals surface area contributed by atoms with Crippen molar-refractivity contribution >= 4 is 21.6 Å². The van der Waals surface area contributed by atoms with Crippen molar-refractivity contribution in [3.63, 3.8) is 0 Å². The number of aryl methyl sites for hydroxylation is 2. The van der Waals surface area contributed by atoms with Crippen LogP contribution in [0, 0.1) is 13.8 Å². The molecule has 2 rings (SSSR count). The summed E-state index contributed by atoms with van der Waals surface area (Å²) in [5, 5.41) is 1.10. The Morgan fingerprint density at radius 3 is 2.47 bits per heavy atom. The Labute approximate surface area is 94.9 Å². The summed E-state index contributed by atoms with van der Waals surface area (Å²) >= 11 is 1.70. The maximum absolute atomic E-state index is 5.19. The van der Waals surface area contributed by atoms with E-state index in [4.69, 9.17) is 4.74 Å². The van der Waals surface area contributed by atoms with Crippen molar-refractivity contribution in [2.24, 2.45) is 0 Å². The second-order valence-electron chi connectivity index (χ2n) is 3.02. The Morgan fingerprint density at radius 1 is 1.20 bits per heavy atom. The third kappa shape index (κ3) is 2.48. The fourth-order valence-electron chi connectivity index (χ4n) is 1.39. The van der Waals surface area contributed by atoms with Crippen LogP contribution in [0.15, 0.2) is 12.1 Å². The van der Waals surface area contributed by atoms with E-state index in [1.165, 1.54) is 10.3 Å². The normalized spacial score (nSPS) is 9.67. The Hall–Kier alpha value is -1.09. The van der Waals surface area contributed by atoms with E-state index in [9.17, 15) is 0 Å². The molecule has 1 aromatic carbocycles. The molecule has 0 saturated carbocycles. The highest BCUT2D eigenvalue weighted by Gasteiger charge is 2.05. The summed E-state index contributed by atoms with van der Waals surface area (Å²) in [6.07, 6.45) is 0. The van der Waals surface area contributed by atoms with Crippen LogP contribution >= 0.6 is 11.3 Å². The highest BCUT2D eigenvalue weighted by Crippen LogP contribution is 2.28. The van der Waals surface area contributed by atoms with Crippen molar-refractivity contribution in [1.82, 2.24) is 4.98 Å². The van der Waals surface area contributed by atoms with Crippen LogP contribution in [0.25, 0.3) is 10.2 Å². The molecule has 0 atom stereocenters. The number of thiazole rings is 1. The lowest BCUT2D eigenvalue weighted by Gasteiger charge is -2.00. The smallest absolute Gasteiger partial charge is 0.120 e. The average molecular weight is 223 g/mol. The number of rotatable bonds is 1. The Kier molecular flexibility index (Phi) is 4.09. The first-order chi connectivity index (χ1) is 7.20. The summed E-state index contributed by atoms with van der Waals surface area (Å²) in [6, 6.07) is 4.05. The van der Waals surface area contributed by atoms with Gasteiger partial charge < -0.3 is 4.74 Å². The molecule has 0 amide bonds. The van der Waals surface area contributed by atoms with E-state index in [0.717, 1.165) is 16.3 Å². The summed E-state index contributed by atoms with van der Waals surface area (Å²) in [5.41, 5.74) is 2.28. The van der Waals surface area contributed by atoms with E-state index in [0.29, 0.717) is 0 Å². The number of aromatic nitrogens is 1. The molecule has 0 radical (unpaired) electrons. The first-order valence-electron chi connectivity index (χ1n) is 5.12. The summed E-state index contributed by atoms with van der Waals surface area (Å²) in [5.74, 6) is 0.911. The summed E-state index contributed by atoms with van der Waals surface area (Å²) in [7, 11) is 1.69. The van der Waals surface area contributed by atoms with E-state index >= 15 is 0 Å². The van der Waals surface area contributed by atoms with Crippen LogP contribution in [-0.4, -0.2) is 12.1 Å². The Balaban J connectivity index is 0.000000531. The zero-order chi connectivity index (χ0) is 11.4. The van der Waals surface area contributed by atoms with Crippen molar-refractivity contribution in [3.8, 4) is 5.75 Å². The first kappa shape index (κ1) is 12.0. The summed E-state index contributed by atoms with van der Waals surface area (Å²) in [4.78, 5) is 4.45. The third-order valence-electron chi connectivity index (χ3n) is 2.00. The van der Waals surface area contributed by atoms with Gasteiger partial charge in [0.25, 0.3) is 0 Å². The average Bonchev–Trinajstić information content (AvgIpc) is 2.62. The lowest BCUT2D eigenvalue weighted by molar-refractivity contribution is 0.415. The van der Waals surface area contributed by atoms with Crippen molar-refractivity contribution < 1.29 is 4.74 Å². The van der Waals surface area contributed by atoms with Gasteiger partial charge in [0.1, 0.15) is 5.75 Å². The molecule has 0 aliphatic carbocycles. The second kappa shape index (κ2) is 5.12. The highest BCUT2D eigenvalue weighted by atomic mass is 32.1. The third-order valence-corrected chi connectivity index (χ3v) is 2.92. The van der Waals surface area contributed by atoms with Gasteiger partial charge >= 0.3 is 0 Å². The number of fused-ring (bicyclic) bond motifs is 1. The van der Waals surface area contributed by atoms with Crippen LogP contribution in [0.1, 0.15) is 24.4 Å². The van der Waals surface area contributed by atoms with Crippen LogP contribution in [0.5, 0.6) is 5.75 Å². The van der Waals surface area contributed by atoms with Gasteiger partial charge in [0.2, 0.25) is 0 Å². The Morgan fingerprint density at radius 2 is 1.87 bits per heavy atom. The molecule has 3 heteroatoms. The molecule has 0 aliphatic rings. The zero-order valence-corrected chi connectivity index (χ0v) is 10.7. The van der Waals surface area contributed by atoms with E-state index < -0.39 is 0 Å². The topological polar surface area (TPSA) is 22.1 Å². The van der Waals surface area contributed by atoms with E-state index in [-0.39, 0.29) is 0 Å². The number of ether oxygens (including phenoxy) is 1. The van der Waals surface area contributed by atoms with Gasteiger partial charge in [0.05, 0.1) is 22.3 Å². The molecule has 2 nitrogen and oxygen atoms in total. The van der Waals surface area contributed by atoms with Crippen molar-refractivity contribution in [3.05, 3.63) is 22.7 Å². The van der Waals surface area contributed by atoms with Gasteiger partial charge in [-0.2, -0.15) is 0 Å². The summed E-state index contributed by atoms with van der Waals surface area (Å²) < 4.78 is 6.39. The van der Waals surface area contributed by atoms with Crippen LogP contribution in [0.3, 0.4) is 0 Å². The maximum Gasteiger partial charge on any atom is 0.120 e. The molecule has 0 spiro atoms. The van der Waals surface area contributed by atoms with Gasteiger partial charge in [-0.15, -0.1) is 11.3 Å². The maximum atomic E-state index is 5.19. The minimum Gasteiger partial charge on any atom is -0.497 e. The fourth-order valence-corrected chi connectivity index (χ4v) is 2.33. The van der Waals surface area contributed by atoms with Crippen LogP contribution < -0.4 is 4.74 Å². The van der Waals surface area contributed by atoms with Gasteiger partial charge in [-0.25, -0.2) is 4.98 Å². The largest absolute Gasteiger partial charge is 0.497 e. The van der Waals surface area contributed by atoms with E-state index in [1.54, 1.807) is 18.4 Å². The van der Waals surface area contributed by atoms with Gasteiger partial charge in [-0.3, -0.25) is 0 Å². The van der Waals surface area contributed by atoms with Gasteiger partial charge in [0, 0.05) is 0 Å². The number of nitrogens with zero attached hydrogens (tertiary/aromatic N) is 1. The minimum absolute atomic E-state index is 0.911. The molecular weight excluding hydrogens is 206 g/mol. The summed E-state index contributed by atoms with van der Waals surface area (Å²) in [6.45, 7) is 8.08. The molecule has 15 heavy (non-hydrogen) atoms. The number of hydrogen-bond donors (Lipinski definition) is 0. The standard InChI is InChI=1S/C10H11NOS.C2H6/c1-6-4-8(12-3)5-9-10(6)11-7(2)13-9;1-2/h4-5H,1-3H3;1-2H3. The van der Waals surface area contributed by atoms with E-state index in [2.05, 4.69) is 11.9 Å². The van der Waals surface area contributed by atoms with Crippen LogP contribution in [0.2, 0.25) is 0 Å². The molecule has 1 heterocycles. The van der Waals surface area contributed by atoms with Gasteiger partial charge in [0.15, 0.2) is 0 Å². The second-order valence-corrected chi connectivity index (χ2v) is 4.26. The lowest BCUT2D eigenvalue weighted by atomic mass is 10.2. The van der Waals surface area contributed by atoms with Crippen molar-refractivity contribution in [2.45, 2.75) is 27.7 Å². The van der Waals surface area contributed by atoms with E-state index in [1.807, 2.05) is 32.9 Å². The molecule has 0 aliphatic heterocycles. The number of methoxy groups -OCH3 is 1. The molecule has 0 bridgehead atoms. The van der Waals surface area contributed by atoms with Crippen molar-refractivity contribution in [2.75, 3.05) is 7.11 Å². The molecule has 0 fully saturated rings. The molecule has 1 aromatic heterocycles. The first-order valence-corrected chi connectivity index (χ1v) is 5.94. The molecule has 0 unspecified atom stereocenters.